The van der Waals surface area contributed by atoms with Crippen molar-refractivity contribution in [3.8, 4) is 5.69 Å². The number of nitrogens with zero attached hydrogens (tertiary/aromatic N) is 2. The van der Waals surface area contributed by atoms with Gasteiger partial charge in [-0.25, -0.2) is 9.07 Å². The first-order valence-corrected chi connectivity index (χ1v) is 10.5. The molecule has 0 saturated heterocycles. The number of nitrogens with one attached hydrogen (secondary N) is 1. The van der Waals surface area contributed by atoms with E-state index in [-0.39, 0.29) is 17.6 Å². The van der Waals surface area contributed by atoms with Crippen LogP contribution in [-0.4, -0.2) is 22.2 Å². The molecular weight excluding hydrogens is 389 g/mol. The molecule has 4 rings (SSSR count). The first-order valence-electron chi connectivity index (χ1n) is 10.5. The largest absolute Gasteiger partial charge is 0.356 e. The van der Waals surface area contributed by atoms with Gasteiger partial charge >= 0.3 is 0 Å². The molecule has 0 aliphatic carbocycles. The van der Waals surface area contributed by atoms with Crippen LogP contribution in [0.25, 0.3) is 16.6 Å². The number of benzene rings is 3. The van der Waals surface area contributed by atoms with Gasteiger partial charge in [0, 0.05) is 17.8 Å². The quantitative estimate of drug-likeness (QED) is 0.455. The van der Waals surface area contributed by atoms with Gasteiger partial charge in [0.15, 0.2) is 0 Å². The van der Waals surface area contributed by atoms with Crippen molar-refractivity contribution in [1.29, 1.82) is 0 Å². The van der Waals surface area contributed by atoms with Crippen LogP contribution in [0.3, 0.4) is 0 Å². The van der Waals surface area contributed by atoms with Gasteiger partial charge in [0.25, 0.3) is 0 Å². The van der Waals surface area contributed by atoms with Gasteiger partial charge in [0.1, 0.15) is 5.82 Å². The van der Waals surface area contributed by atoms with Crippen molar-refractivity contribution >= 4 is 16.8 Å². The van der Waals surface area contributed by atoms with Gasteiger partial charge in [0.05, 0.1) is 22.8 Å². The zero-order valence-corrected chi connectivity index (χ0v) is 18.0. The highest BCUT2D eigenvalue weighted by Gasteiger charge is 2.38. The van der Waals surface area contributed by atoms with Crippen molar-refractivity contribution in [2.75, 3.05) is 6.54 Å². The Morgan fingerprint density at radius 1 is 1.03 bits per heavy atom. The SMILES string of the molecule is CCNC(=O)C(C)(C)C(c1ccccc1)c1ccc2c(cnn2-c2ccc(F)cc2)c1. The molecule has 1 aromatic heterocycles. The van der Waals surface area contributed by atoms with Crippen LogP contribution in [0.4, 0.5) is 4.39 Å². The summed E-state index contributed by atoms with van der Waals surface area (Å²) in [7, 11) is 0. The van der Waals surface area contributed by atoms with Crippen LogP contribution in [0.2, 0.25) is 0 Å². The Balaban J connectivity index is 1.81. The van der Waals surface area contributed by atoms with Crippen LogP contribution in [0.5, 0.6) is 0 Å². The molecule has 0 aliphatic heterocycles. The van der Waals surface area contributed by atoms with Gasteiger partial charge in [-0.1, -0.05) is 50.2 Å². The number of rotatable bonds is 6. The first kappa shape index (κ1) is 20.8. The molecule has 1 N–H and O–H groups in total. The van der Waals surface area contributed by atoms with Crippen LogP contribution in [0.15, 0.2) is 79.0 Å². The Kier molecular flexibility index (Phi) is 5.59. The summed E-state index contributed by atoms with van der Waals surface area (Å²) in [5.74, 6) is -0.384. The number of carbonyl (C=O) groups excluding carboxylic acids is 1. The maximum Gasteiger partial charge on any atom is 0.226 e. The third-order valence-corrected chi connectivity index (χ3v) is 5.77. The van der Waals surface area contributed by atoms with E-state index in [1.54, 1.807) is 16.8 Å². The molecule has 0 fully saturated rings. The lowest BCUT2D eigenvalue weighted by Gasteiger charge is -2.34. The Labute approximate surface area is 181 Å². The monoisotopic (exact) mass is 415 g/mol. The minimum absolute atomic E-state index is 0.0194. The molecule has 0 bridgehead atoms. The molecule has 0 spiro atoms. The summed E-state index contributed by atoms with van der Waals surface area (Å²) in [4.78, 5) is 13.0. The smallest absolute Gasteiger partial charge is 0.226 e. The highest BCUT2D eigenvalue weighted by Crippen LogP contribution is 2.42. The maximum absolute atomic E-state index is 13.3. The second-order valence-electron chi connectivity index (χ2n) is 8.28. The summed E-state index contributed by atoms with van der Waals surface area (Å²) >= 11 is 0. The van der Waals surface area contributed by atoms with E-state index in [1.165, 1.54) is 12.1 Å². The molecule has 31 heavy (non-hydrogen) atoms. The Morgan fingerprint density at radius 2 is 1.74 bits per heavy atom. The van der Waals surface area contributed by atoms with Crippen molar-refractivity contribution in [3.05, 3.63) is 95.9 Å². The molecule has 0 saturated carbocycles. The predicted molar refractivity (Wildman–Crippen MR) is 122 cm³/mol. The average molecular weight is 416 g/mol. The lowest BCUT2D eigenvalue weighted by Crippen LogP contribution is -2.41. The molecule has 1 heterocycles. The van der Waals surface area contributed by atoms with Crippen LogP contribution in [0, 0.1) is 11.2 Å². The molecule has 1 unspecified atom stereocenters. The number of aromatic nitrogens is 2. The van der Waals surface area contributed by atoms with E-state index in [9.17, 15) is 9.18 Å². The maximum atomic E-state index is 13.3. The number of hydrogen-bond acceptors (Lipinski definition) is 2. The molecule has 4 aromatic rings. The second kappa shape index (κ2) is 8.34. The minimum Gasteiger partial charge on any atom is -0.356 e. The zero-order chi connectivity index (χ0) is 22.0. The van der Waals surface area contributed by atoms with Crippen molar-refractivity contribution in [1.82, 2.24) is 15.1 Å². The molecule has 1 amide bonds. The molecule has 4 nitrogen and oxygen atoms in total. The van der Waals surface area contributed by atoms with Gasteiger partial charge in [-0.2, -0.15) is 5.10 Å². The number of hydrogen-bond donors (Lipinski definition) is 1. The Bertz CT molecular complexity index is 1200. The van der Waals surface area contributed by atoms with Gasteiger partial charge in [-0.15, -0.1) is 0 Å². The lowest BCUT2D eigenvalue weighted by atomic mass is 9.70. The van der Waals surface area contributed by atoms with E-state index >= 15 is 0 Å². The minimum atomic E-state index is -0.655. The van der Waals surface area contributed by atoms with Gasteiger partial charge in [-0.05, 0) is 54.4 Å². The second-order valence-corrected chi connectivity index (χ2v) is 8.28. The third kappa shape index (κ3) is 3.96. The summed E-state index contributed by atoms with van der Waals surface area (Å²) in [6, 6.07) is 22.6. The van der Waals surface area contributed by atoms with E-state index in [0.29, 0.717) is 6.54 Å². The topological polar surface area (TPSA) is 46.9 Å². The molecular formula is C26H26FN3O. The van der Waals surface area contributed by atoms with Gasteiger partial charge in [0.2, 0.25) is 5.91 Å². The molecule has 3 aromatic carbocycles. The zero-order valence-electron chi connectivity index (χ0n) is 18.0. The summed E-state index contributed by atoms with van der Waals surface area (Å²) in [5, 5.41) is 8.46. The molecule has 0 radical (unpaired) electrons. The van der Waals surface area contributed by atoms with E-state index in [0.717, 1.165) is 27.7 Å². The third-order valence-electron chi connectivity index (χ3n) is 5.77. The van der Waals surface area contributed by atoms with Gasteiger partial charge < -0.3 is 5.32 Å². The Hall–Kier alpha value is -3.47. The van der Waals surface area contributed by atoms with E-state index in [1.807, 2.05) is 51.2 Å². The van der Waals surface area contributed by atoms with E-state index in [2.05, 4.69) is 34.7 Å². The van der Waals surface area contributed by atoms with Crippen molar-refractivity contribution in [2.45, 2.75) is 26.7 Å². The van der Waals surface area contributed by atoms with Gasteiger partial charge in [-0.3, -0.25) is 4.79 Å². The van der Waals surface area contributed by atoms with Crippen LogP contribution in [-0.2, 0) is 4.79 Å². The van der Waals surface area contributed by atoms with Crippen LogP contribution < -0.4 is 5.32 Å². The molecule has 158 valence electrons. The van der Waals surface area contributed by atoms with Crippen molar-refractivity contribution < 1.29 is 9.18 Å². The van der Waals surface area contributed by atoms with Crippen LogP contribution >= 0.6 is 0 Å². The summed E-state index contributed by atoms with van der Waals surface area (Å²) in [5.41, 5.74) is 3.21. The van der Waals surface area contributed by atoms with Crippen molar-refractivity contribution in [3.63, 3.8) is 0 Å². The summed E-state index contributed by atoms with van der Waals surface area (Å²) in [6.07, 6.45) is 1.81. The number of halogens is 1. The lowest BCUT2D eigenvalue weighted by molar-refractivity contribution is -0.129. The normalized spacial score (nSPS) is 12.6. The first-order chi connectivity index (χ1) is 14.9. The summed E-state index contributed by atoms with van der Waals surface area (Å²) in [6.45, 7) is 6.50. The Morgan fingerprint density at radius 3 is 2.42 bits per heavy atom. The highest BCUT2D eigenvalue weighted by molar-refractivity contribution is 5.85. The number of fused-ring (bicyclic) bond motifs is 1. The molecule has 0 aliphatic rings. The van der Waals surface area contributed by atoms with E-state index in [4.69, 9.17) is 0 Å². The van der Waals surface area contributed by atoms with Crippen molar-refractivity contribution in [2.24, 2.45) is 5.41 Å². The highest BCUT2D eigenvalue weighted by atomic mass is 19.1. The van der Waals surface area contributed by atoms with E-state index < -0.39 is 5.41 Å². The molecule has 5 heteroatoms. The summed E-state index contributed by atoms with van der Waals surface area (Å²) < 4.78 is 15.1. The average Bonchev–Trinajstić information content (AvgIpc) is 3.18. The standard InChI is InChI=1S/C26H26FN3O/c1-4-28-25(31)26(2,3)24(18-8-6-5-7-9-18)19-10-15-23-20(16-19)17-29-30(23)22-13-11-21(27)12-14-22/h5-17,24H,4H2,1-3H3,(H,28,31). The number of amides is 1. The molecule has 1 atom stereocenters. The fourth-order valence-corrected chi connectivity index (χ4v) is 4.21. The predicted octanol–water partition coefficient (Wildman–Crippen LogP) is 5.46. The number of carbonyl (C=O) groups is 1. The van der Waals surface area contributed by atoms with Crippen LogP contribution in [0.1, 0.15) is 37.8 Å². The fourth-order valence-electron chi connectivity index (χ4n) is 4.21. The fraction of sp³-hybridized carbons (Fsp3) is 0.231.